The molecule has 0 aromatic heterocycles. The van der Waals surface area contributed by atoms with E-state index in [1.165, 1.54) is 7.11 Å². The first kappa shape index (κ1) is 13.9. The van der Waals surface area contributed by atoms with E-state index in [4.69, 9.17) is 0 Å². The number of alkyl halides is 1. The summed E-state index contributed by atoms with van der Waals surface area (Å²) >= 11 is 3.32. The van der Waals surface area contributed by atoms with Crippen LogP contribution in [0.5, 0.6) is 0 Å². The molecule has 0 aromatic rings. The van der Waals surface area contributed by atoms with Crippen LogP contribution in [0.2, 0.25) is 0 Å². The number of ether oxygens (including phenoxy) is 1. The summed E-state index contributed by atoms with van der Waals surface area (Å²) in [5, 5.41) is 0. The smallest absolute Gasteiger partial charge is 0.320 e. The van der Waals surface area contributed by atoms with Gasteiger partial charge in [0.05, 0.1) is 7.11 Å². The molecule has 0 aliphatic carbocycles. The predicted octanol–water partition coefficient (Wildman–Crippen LogP) is 1.90. The first-order valence-electron chi connectivity index (χ1n) is 4.95. The molecule has 0 radical (unpaired) electrons. The summed E-state index contributed by atoms with van der Waals surface area (Å²) in [5.41, 5.74) is 0. The minimum atomic E-state index is -0.216. The van der Waals surface area contributed by atoms with Gasteiger partial charge in [0.2, 0.25) is 0 Å². The first-order chi connectivity index (χ1) is 6.51. The van der Waals surface area contributed by atoms with Crippen molar-refractivity contribution in [3.8, 4) is 0 Å². The molecule has 14 heavy (non-hydrogen) atoms. The SMILES string of the molecule is CCN(CC(C)C)CC(Br)C(=O)OC. The predicted molar refractivity (Wildman–Crippen MR) is 61.7 cm³/mol. The molecule has 0 aliphatic rings. The molecule has 3 nitrogen and oxygen atoms in total. The number of esters is 1. The minimum Gasteiger partial charge on any atom is -0.468 e. The van der Waals surface area contributed by atoms with Gasteiger partial charge in [0.15, 0.2) is 0 Å². The Kier molecular flexibility index (Phi) is 7.19. The van der Waals surface area contributed by atoms with Crippen molar-refractivity contribution in [1.29, 1.82) is 0 Å². The summed E-state index contributed by atoms with van der Waals surface area (Å²) in [7, 11) is 1.41. The molecule has 4 heteroatoms. The molecule has 0 rings (SSSR count). The zero-order chi connectivity index (χ0) is 11.1. The van der Waals surface area contributed by atoms with Gasteiger partial charge >= 0.3 is 5.97 Å². The van der Waals surface area contributed by atoms with E-state index in [1.807, 2.05) is 0 Å². The number of carbonyl (C=O) groups is 1. The molecule has 0 aromatic carbocycles. The van der Waals surface area contributed by atoms with E-state index < -0.39 is 0 Å². The van der Waals surface area contributed by atoms with Crippen LogP contribution in [0, 0.1) is 5.92 Å². The average Bonchev–Trinajstić information content (AvgIpc) is 2.14. The maximum Gasteiger partial charge on any atom is 0.320 e. The van der Waals surface area contributed by atoms with Gasteiger partial charge in [0, 0.05) is 13.1 Å². The van der Waals surface area contributed by atoms with Crippen LogP contribution in [0.1, 0.15) is 20.8 Å². The van der Waals surface area contributed by atoms with Crippen LogP contribution < -0.4 is 0 Å². The average molecular weight is 266 g/mol. The fraction of sp³-hybridized carbons (Fsp3) is 0.900. The lowest BCUT2D eigenvalue weighted by atomic mass is 10.2. The second kappa shape index (κ2) is 7.23. The third kappa shape index (κ3) is 5.60. The summed E-state index contributed by atoms with van der Waals surface area (Å²) in [5.74, 6) is 0.416. The fourth-order valence-corrected chi connectivity index (χ4v) is 1.87. The molecule has 1 atom stereocenters. The zero-order valence-electron chi connectivity index (χ0n) is 9.42. The summed E-state index contributed by atoms with van der Waals surface area (Å²) in [6.07, 6.45) is 0. The minimum absolute atomic E-state index is 0.202. The molecule has 0 spiro atoms. The van der Waals surface area contributed by atoms with Crippen molar-refractivity contribution in [2.75, 3.05) is 26.7 Å². The van der Waals surface area contributed by atoms with Gasteiger partial charge in [0.1, 0.15) is 4.83 Å². The fourth-order valence-electron chi connectivity index (χ4n) is 1.28. The Morgan fingerprint density at radius 1 is 1.43 bits per heavy atom. The molecule has 0 aliphatic heterocycles. The van der Waals surface area contributed by atoms with E-state index in [2.05, 4.69) is 46.3 Å². The molecular formula is C10H20BrNO2. The summed E-state index contributed by atoms with van der Waals surface area (Å²) in [6.45, 7) is 9.11. The zero-order valence-corrected chi connectivity index (χ0v) is 11.0. The van der Waals surface area contributed by atoms with E-state index in [-0.39, 0.29) is 10.8 Å². The van der Waals surface area contributed by atoms with Crippen LogP contribution in [0.25, 0.3) is 0 Å². The Morgan fingerprint density at radius 3 is 2.36 bits per heavy atom. The van der Waals surface area contributed by atoms with Gasteiger partial charge in [-0.05, 0) is 12.5 Å². The molecule has 0 heterocycles. The molecular weight excluding hydrogens is 246 g/mol. The molecule has 0 fully saturated rings. The maximum absolute atomic E-state index is 11.2. The van der Waals surface area contributed by atoms with Gasteiger partial charge in [-0.2, -0.15) is 0 Å². The topological polar surface area (TPSA) is 29.5 Å². The highest BCUT2D eigenvalue weighted by atomic mass is 79.9. The van der Waals surface area contributed by atoms with Gasteiger partial charge < -0.3 is 9.64 Å². The van der Waals surface area contributed by atoms with Gasteiger partial charge in [0.25, 0.3) is 0 Å². The van der Waals surface area contributed by atoms with Crippen molar-refractivity contribution in [2.45, 2.75) is 25.6 Å². The Hall–Kier alpha value is -0.0900. The second-order valence-electron chi connectivity index (χ2n) is 3.74. The van der Waals surface area contributed by atoms with Crippen LogP contribution in [0.4, 0.5) is 0 Å². The number of hydrogen-bond donors (Lipinski definition) is 0. The van der Waals surface area contributed by atoms with Crippen LogP contribution in [0.15, 0.2) is 0 Å². The Labute approximate surface area is 94.9 Å². The quantitative estimate of drug-likeness (QED) is 0.543. The molecule has 0 N–H and O–H groups in total. The van der Waals surface area contributed by atoms with Crippen molar-refractivity contribution in [1.82, 2.24) is 4.90 Å². The highest BCUT2D eigenvalue weighted by Crippen LogP contribution is 2.07. The molecule has 0 saturated carbocycles. The number of hydrogen-bond acceptors (Lipinski definition) is 3. The Bertz CT molecular complexity index is 174. The van der Waals surface area contributed by atoms with Gasteiger partial charge in [-0.15, -0.1) is 0 Å². The van der Waals surface area contributed by atoms with Gasteiger partial charge in [-0.1, -0.05) is 36.7 Å². The standard InChI is InChI=1S/C10H20BrNO2/c1-5-12(6-8(2)3)7-9(11)10(13)14-4/h8-9H,5-7H2,1-4H3. The Morgan fingerprint density at radius 2 is 2.00 bits per heavy atom. The van der Waals surface area contributed by atoms with Crippen LogP contribution in [-0.4, -0.2) is 42.4 Å². The summed E-state index contributed by atoms with van der Waals surface area (Å²) in [4.78, 5) is 13.2. The van der Waals surface area contributed by atoms with E-state index in [9.17, 15) is 4.79 Å². The maximum atomic E-state index is 11.2. The van der Waals surface area contributed by atoms with Crippen molar-refractivity contribution in [3.63, 3.8) is 0 Å². The van der Waals surface area contributed by atoms with Crippen LogP contribution in [-0.2, 0) is 9.53 Å². The molecule has 0 bridgehead atoms. The highest BCUT2D eigenvalue weighted by Gasteiger charge is 2.18. The van der Waals surface area contributed by atoms with Gasteiger partial charge in [-0.3, -0.25) is 4.79 Å². The third-order valence-electron chi connectivity index (χ3n) is 1.95. The lowest BCUT2D eigenvalue weighted by Gasteiger charge is -2.24. The number of rotatable bonds is 6. The number of nitrogens with zero attached hydrogens (tertiary/aromatic N) is 1. The Balaban J connectivity index is 3.97. The molecule has 84 valence electrons. The number of carbonyl (C=O) groups excluding carboxylic acids is 1. The lowest BCUT2D eigenvalue weighted by molar-refractivity contribution is -0.140. The normalized spacial score (nSPS) is 13.4. The van der Waals surface area contributed by atoms with Crippen LogP contribution in [0.3, 0.4) is 0 Å². The van der Waals surface area contributed by atoms with E-state index in [1.54, 1.807) is 0 Å². The highest BCUT2D eigenvalue weighted by molar-refractivity contribution is 9.10. The third-order valence-corrected chi connectivity index (χ3v) is 2.61. The second-order valence-corrected chi connectivity index (χ2v) is 4.84. The van der Waals surface area contributed by atoms with Crippen molar-refractivity contribution in [2.24, 2.45) is 5.92 Å². The van der Waals surface area contributed by atoms with Crippen molar-refractivity contribution < 1.29 is 9.53 Å². The van der Waals surface area contributed by atoms with E-state index >= 15 is 0 Å². The number of methoxy groups -OCH3 is 1. The largest absolute Gasteiger partial charge is 0.468 e. The van der Waals surface area contributed by atoms with Gasteiger partial charge in [-0.25, -0.2) is 0 Å². The monoisotopic (exact) mass is 265 g/mol. The van der Waals surface area contributed by atoms with Crippen molar-refractivity contribution >= 4 is 21.9 Å². The van der Waals surface area contributed by atoms with Crippen molar-refractivity contribution in [3.05, 3.63) is 0 Å². The molecule has 0 amide bonds. The molecule has 0 saturated heterocycles. The lowest BCUT2D eigenvalue weighted by Crippen LogP contribution is -2.36. The van der Waals surface area contributed by atoms with E-state index in [0.717, 1.165) is 13.1 Å². The number of halogens is 1. The molecule has 1 unspecified atom stereocenters. The summed E-state index contributed by atoms with van der Waals surface area (Å²) in [6, 6.07) is 0. The summed E-state index contributed by atoms with van der Waals surface area (Å²) < 4.78 is 4.65. The first-order valence-corrected chi connectivity index (χ1v) is 5.87. The van der Waals surface area contributed by atoms with E-state index in [0.29, 0.717) is 12.5 Å². The van der Waals surface area contributed by atoms with Crippen LogP contribution >= 0.6 is 15.9 Å².